The van der Waals surface area contributed by atoms with Crippen LogP contribution >= 0.6 is 0 Å². The number of hydrogen-bond donors (Lipinski definition) is 1. The van der Waals surface area contributed by atoms with E-state index in [1.807, 2.05) is 6.07 Å². The molecule has 0 fully saturated rings. The van der Waals surface area contributed by atoms with E-state index in [1.165, 1.54) is 6.26 Å². The average Bonchev–Trinajstić information content (AvgIpc) is 2.64. The van der Waals surface area contributed by atoms with Crippen molar-refractivity contribution in [2.45, 2.75) is 40.2 Å². The van der Waals surface area contributed by atoms with Crippen LogP contribution in [0.5, 0.6) is 0 Å². The first kappa shape index (κ1) is 16.0. The number of anilines is 1. The summed E-state index contributed by atoms with van der Waals surface area (Å²) in [5, 5.41) is 7.79. The molecular formula is C13H25N3O2S. The molecule has 0 aliphatic carbocycles. The molecule has 0 atom stereocenters. The summed E-state index contributed by atoms with van der Waals surface area (Å²) in [6, 6.07) is 2.03. The van der Waals surface area contributed by atoms with Gasteiger partial charge in [0.05, 0.1) is 18.0 Å². The predicted octanol–water partition coefficient (Wildman–Crippen LogP) is 1.95. The normalized spacial score (nSPS) is 12.1. The molecule has 1 rings (SSSR count). The highest BCUT2D eigenvalue weighted by Gasteiger charge is 2.11. The van der Waals surface area contributed by atoms with Crippen molar-refractivity contribution in [3.8, 4) is 0 Å². The van der Waals surface area contributed by atoms with Crippen molar-refractivity contribution >= 4 is 15.7 Å². The molecule has 1 N–H and O–H groups in total. The molecule has 0 unspecified atom stereocenters. The molecule has 1 aromatic heterocycles. The lowest BCUT2D eigenvalue weighted by atomic mass is 10.1. The van der Waals surface area contributed by atoms with Crippen LogP contribution in [0.1, 0.15) is 32.9 Å². The number of rotatable bonds is 8. The van der Waals surface area contributed by atoms with Crippen LogP contribution in [0.2, 0.25) is 0 Å². The van der Waals surface area contributed by atoms with E-state index in [-0.39, 0.29) is 5.75 Å². The lowest BCUT2D eigenvalue weighted by Crippen LogP contribution is -2.15. The molecule has 0 bridgehead atoms. The van der Waals surface area contributed by atoms with E-state index in [2.05, 4.69) is 31.2 Å². The fraction of sp³-hybridized carbons (Fsp3) is 0.769. The fourth-order valence-corrected chi connectivity index (χ4v) is 2.31. The van der Waals surface area contributed by atoms with Gasteiger partial charge in [-0.2, -0.15) is 5.10 Å². The van der Waals surface area contributed by atoms with E-state index >= 15 is 0 Å². The number of nitrogens with zero attached hydrogens (tertiary/aromatic N) is 2. The summed E-state index contributed by atoms with van der Waals surface area (Å²) in [7, 11) is -2.96. The number of hydrogen-bond acceptors (Lipinski definition) is 4. The Hall–Kier alpha value is -1.04. The zero-order valence-corrected chi connectivity index (χ0v) is 13.1. The lowest BCUT2D eigenvalue weighted by molar-refractivity contribution is 0.578. The Morgan fingerprint density at radius 3 is 2.63 bits per heavy atom. The Balaban J connectivity index is 2.82. The molecule has 0 saturated carbocycles. The summed E-state index contributed by atoms with van der Waals surface area (Å²) in [6.07, 6.45) is 3.19. The molecule has 0 radical (unpaired) electrons. The van der Waals surface area contributed by atoms with Gasteiger partial charge >= 0.3 is 0 Å². The second-order valence-electron chi connectivity index (χ2n) is 5.40. The van der Waals surface area contributed by atoms with E-state index in [0.717, 1.165) is 30.9 Å². The van der Waals surface area contributed by atoms with Gasteiger partial charge < -0.3 is 5.32 Å². The van der Waals surface area contributed by atoms with Crippen LogP contribution < -0.4 is 5.32 Å². The quantitative estimate of drug-likeness (QED) is 0.793. The van der Waals surface area contributed by atoms with Gasteiger partial charge in [0.1, 0.15) is 15.7 Å². The van der Waals surface area contributed by atoms with Crippen molar-refractivity contribution in [3.63, 3.8) is 0 Å². The van der Waals surface area contributed by atoms with Crippen LogP contribution in [0.15, 0.2) is 6.07 Å². The van der Waals surface area contributed by atoms with Gasteiger partial charge in [-0.3, -0.25) is 0 Å². The molecule has 19 heavy (non-hydrogen) atoms. The first-order valence-corrected chi connectivity index (χ1v) is 8.86. The predicted molar refractivity (Wildman–Crippen MR) is 79.3 cm³/mol. The second-order valence-corrected chi connectivity index (χ2v) is 7.66. The molecule has 5 nitrogen and oxygen atoms in total. The molecule has 0 saturated heterocycles. The zero-order chi connectivity index (χ0) is 14.5. The highest BCUT2D eigenvalue weighted by atomic mass is 32.2. The van der Waals surface area contributed by atoms with Crippen molar-refractivity contribution in [2.24, 2.45) is 5.92 Å². The van der Waals surface area contributed by atoms with E-state index < -0.39 is 9.84 Å². The van der Waals surface area contributed by atoms with Crippen molar-refractivity contribution in [1.29, 1.82) is 0 Å². The molecule has 0 aliphatic rings. The number of nitrogens with one attached hydrogen (secondary N) is 1. The molecule has 6 heteroatoms. The van der Waals surface area contributed by atoms with Crippen molar-refractivity contribution in [1.82, 2.24) is 9.78 Å². The van der Waals surface area contributed by atoms with Gasteiger partial charge in [0.15, 0.2) is 0 Å². The van der Waals surface area contributed by atoms with Crippen LogP contribution in [0.4, 0.5) is 5.82 Å². The summed E-state index contributed by atoms with van der Waals surface area (Å²) >= 11 is 0. The summed E-state index contributed by atoms with van der Waals surface area (Å²) in [6.45, 7) is 7.66. The third kappa shape index (κ3) is 6.09. The third-order valence-electron chi connectivity index (χ3n) is 2.68. The number of aryl methyl sites for hydroxylation is 1. The van der Waals surface area contributed by atoms with Gasteiger partial charge in [0.2, 0.25) is 0 Å². The van der Waals surface area contributed by atoms with Gasteiger partial charge in [0.25, 0.3) is 0 Å². The van der Waals surface area contributed by atoms with Crippen LogP contribution in [0.25, 0.3) is 0 Å². The highest BCUT2D eigenvalue weighted by molar-refractivity contribution is 7.90. The highest BCUT2D eigenvalue weighted by Crippen LogP contribution is 2.14. The van der Waals surface area contributed by atoms with Crippen LogP contribution in [0, 0.1) is 5.92 Å². The van der Waals surface area contributed by atoms with E-state index in [9.17, 15) is 8.42 Å². The molecule has 0 spiro atoms. The number of aromatic nitrogens is 2. The summed E-state index contributed by atoms with van der Waals surface area (Å²) in [5.41, 5.74) is 1.02. The van der Waals surface area contributed by atoms with Gasteiger partial charge in [-0.1, -0.05) is 20.8 Å². The van der Waals surface area contributed by atoms with Crippen LogP contribution in [-0.2, 0) is 22.8 Å². The Labute approximate surface area is 116 Å². The smallest absolute Gasteiger partial charge is 0.149 e. The van der Waals surface area contributed by atoms with Crippen molar-refractivity contribution in [2.75, 3.05) is 23.9 Å². The molecule has 110 valence electrons. The number of sulfone groups is 1. The van der Waals surface area contributed by atoms with Crippen LogP contribution in [-0.4, -0.2) is 36.8 Å². The summed E-state index contributed by atoms with van der Waals surface area (Å²) in [5.74, 6) is 1.58. The Kier molecular flexibility index (Phi) is 5.85. The zero-order valence-electron chi connectivity index (χ0n) is 12.3. The van der Waals surface area contributed by atoms with Gasteiger partial charge in [-0.15, -0.1) is 0 Å². The first-order chi connectivity index (χ1) is 8.81. The Bertz CT molecular complexity index is 492. The second kappa shape index (κ2) is 6.93. The molecule has 1 heterocycles. The standard InChI is InChI=1S/C13H25N3O2S/c1-5-6-14-13-10-12(9-11(2)3)15-16(13)7-8-19(4,17)18/h10-11,14H,5-9H2,1-4H3. The third-order valence-corrected chi connectivity index (χ3v) is 3.60. The first-order valence-electron chi connectivity index (χ1n) is 6.80. The van der Waals surface area contributed by atoms with E-state index in [4.69, 9.17) is 0 Å². The average molecular weight is 287 g/mol. The Morgan fingerprint density at radius 2 is 2.11 bits per heavy atom. The minimum atomic E-state index is -2.96. The minimum absolute atomic E-state index is 0.122. The fourth-order valence-electron chi connectivity index (χ4n) is 1.81. The van der Waals surface area contributed by atoms with E-state index in [1.54, 1.807) is 4.68 Å². The molecule has 0 aliphatic heterocycles. The van der Waals surface area contributed by atoms with Gasteiger partial charge in [0, 0.05) is 18.9 Å². The SMILES string of the molecule is CCCNc1cc(CC(C)C)nn1CCS(C)(=O)=O. The van der Waals surface area contributed by atoms with Gasteiger partial charge in [-0.05, 0) is 18.8 Å². The van der Waals surface area contributed by atoms with Crippen molar-refractivity contribution < 1.29 is 8.42 Å². The molecule has 0 aromatic carbocycles. The lowest BCUT2D eigenvalue weighted by Gasteiger charge is -2.08. The van der Waals surface area contributed by atoms with Crippen LogP contribution in [0.3, 0.4) is 0 Å². The monoisotopic (exact) mass is 287 g/mol. The molecule has 0 amide bonds. The maximum atomic E-state index is 11.3. The molecular weight excluding hydrogens is 262 g/mol. The Morgan fingerprint density at radius 1 is 1.42 bits per heavy atom. The maximum absolute atomic E-state index is 11.3. The topological polar surface area (TPSA) is 64.0 Å². The van der Waals surface area contributed by atoms with Gasteiger partial charge in [-0.25, -0.2) is 13.1 Å². The van der Waals surface area contributed by atoms with Crippen molar-refractivity contribution in [3.05, 3.63) is 11.8 Å². The summed E-state index contributed by atoms with van der Waals surface area (Å²) in [4.78, 5) is 0. The van der Waals surface area contributed by atoms with E-state index in [0.29, 0.717) is 12.5 Å². The minimum Gasteiger partial charge on any atom is -0.370 e. The largest absolute Gasteiger partial charge is 0.370 e. The maximum Gasteiger partial charge on any atom is 0.149 e. The summed E-state index contributed by atoms with van der Waals surface area (Å²) < 4.78 is 24.3. The molecule has 1 aromatic rings.